The molecule has 0 unspecified atom stereocenters. The maximum absolute atomic E-state index is 12.4. The molecule has 2 N–H and O–H groups in total. The number of fused-ring (bicyclic) bond motifs is 1. The minimum absolute atomic E-state index is 0.0835. The lowest BCUT2D eigenvalue weighted by Crippen LogP contribution is -2.43. The molecule has 2 aromatic rings. The second-order valence-electron chi connectivity index (χ2n) is 6.73. The van der Waals surface area contributed by atoms with Gasteiger partial charge in [0.05, 0.1) is 23.2 Å². The minimum atomic E-state index is -0.779. The summed E-state index contributed by atoms with van der Waals surface area (Å²) in [4.78, 5) is 23.8. The van der Waals surface area contributed by atoms with E-state index < -0.39 is 5.60 Å². The van der Waals surface area contributed by atoms with Crippen LogP contribution in [0.5, 0.6) is 0 Å². The van der Waals surface area contributed by atoms with Crippen LogP contribution >= 0.6 is 0 Å². The van der Waals surface area contributed by atoms with E-state index in [2.05, 4.69) is 9.97 Å². The number of aliphatic hydroxyl groups is 1. The van der Waals surface area contributed by atoms with E-state index >= 15 is 0 Å². The molecule has 1 aliphatic heterocycles. The first-order valence-corrected chi connectivity index (χ1v) is 8.04. The number of likely N-dealkylation sites (N-methyl/N-ethyl adjacent to an activating group) is 1. The predicted octanol–water partition coefficient (Wildman–Crippen LogP) is 1.02. The molecule has 1 aliphatic rings. The Bertz CT molecular complexity index is 664. The highest BCUT2D eigenvalue weighted by Crippen LogP contribution is 2.23. The van der Waals surface area contributed by atoms with E-state index in [4.69, 9.17) is 0 Å². The molecule has 1 amide bonds. The van der Waals surface area contributed by atoms with Crippen molar-refractivity contribution in [3.8, 4) is 0 Å². The Morgan fingerprint density at radius 3 is 2.96 bits per heavy atom. The van der Waals surface area contributed by atoms with Crippen molar-refractivity contribution in [2.24, 2.45) is 0 Å². The van der Waals surface area contributed by atoms with Gasteiger partial charge in [0, 0.05) is 25.9 Å². The van der Waals surface area contributed by atoms with Crippen molar-refractivity contribution in [3.05, 3.63) is 30.1 Å². The van der Waals surface area contributed by atoms with Gasteiger partial charge in [0.25, 0.3) is 0 Å². The first-order chi connectivity index (χ1) is 11.0. The highest BCUT2D eigenvalue weighted by molar-refractivity contribution is 5.77. The van der Waals surface area contributed by atoms with Crippen LogP contribution in [0.1, 0.15) is 18.7 Å². The molecule has 2 heterocycles. The first-order valence-electron chi connectivity index (χ1n) is 8.04. The van der Waals surface area contributed by atoms with Gasteiger partial charge in [-0.2, -0.15) is 0 Å². The number of carbonyl (C=O) groups is 1. The second-order valence-corrected chi connectivity index (χ2v) is 6.73. The Morgan fingerprint density at radius 1 is 1.43 bits per heavy atom. The molecule has 124 valence electrons. The van der Waals surface area contributed by atoms with Crippen LogP contribution in [0.25, 0.3) is 11.0 Å². The number of β-amino-alcohol motifs (C(OH)–C–C–N with tert-alkyl or cyclic N) is 1. The van der Waals surface area contributed by atoms with Crippen molar-refractivity contribution in [3.63, 3.8) is 0 Å². The molecule has 0 radical (unpaired) electrons. The number of rotatable bonds is 5. The van der Waals surface area contributed by atoms with Crippen LogP contribution in [0.15, 0.2) is 24.3 Å². The van der Waals surface area contributed by atoms with E-state index in [0.717, 1.165) is 16.9 Å². The summed E-state index contributed by atoms with van der Waals surface area (Å²) >= 11 is 0. The highest BCUT2D eigenvalue weighted by Gasteiger charge is 2.38. The molecule has 1 atom stereocenters. The molecular weight excluding hydrogens is 292 g/mol. The second kappa shape index (κ2) is 6.29. The van der Waals surface area contributed by atoms with E-state index in [-0.39, 0.29) is 5.91 Å². The van der Waals surface area contributed by atoms with Crippen molar-refractivity contribution in [2.45, 2.75) is 24.9 Å². The smallest absolute Gasteiger partial charge is 0.223 e. The number of benzene rings is 1. The number of amides is 1. The number of likely N-dealkylation sites (tertiary alicyclic amines) is 1. The predicted molar refractivity (Wildman–Crippen MR) is 89.1 cm³/mol. The summed E-state index contributed by atoms with van der Waals surface area (Å²) in [5.74, 6) is 0.919. The monoisotopic (exact) mass is 316 g/mol. The molecule has 0 bridgehead atoms. The molecule has 1 aromatic carbocycles. The maximum Gasteiger partial charge on any atom is 0.223 e. The molecule has 1 fully saturated rings. The fourth-order valence-corrected chi connectivity index (χ4v) is 3.29. The zero-order valence-corrected chi connectivity index (χ0v) is 13.7. The van der Waals surface area contributed by atoms with Crippen LogP contribution in [-0.4, -0.2) is 70.1 Å². The van der Waals surface area contributed by atoms with Gasteiger partial charge in [0.15, 0.2) is 0 Å². The number of imidazole rings is 1. The van der Waals surface area contributed by atoms with Crippen LogP contribution in [0, 0.1) is 0 Å². The van der Waals surface area contributed by atoms with E-state index in [1.807, 2.05) is 43.3 Å². The molecule has 6 nitrogen and oxygen atoms in total. The van der Waals surface area contributed by atoms with Gasteiger partial charge in [-0.1, -0.05) is 12.1 Å². The maximum atomic E-state index is 12.4. The average Bonchev–Trinajstić information content (AvgIpc) is 3.07. The van der Waals surface area contributed by atoms with Crippen LogP contribution in [0.2, 0.25) is 0 Å². The summed E-state index contributed by atoms with van der Waals surface area (Å²) in [6.45, 7) is 1.63. The summed E-state index contributed by atoms with van der Waals surface area (Å²) in [5.41, 5.74) is 1.14. The summed E-state index contributed by atoms with van der Waals surface area (Å²) < 4.78 is 0. The summed E-state index contributed by atoms with van der Waals surface area (Å²) in [6, 6.07) is 7.85. The van der Waals surface area contributed by atoms with Crippen LogP contribution in [0.4, 0.5) is 0 Å². The van der Waals surface area contributed by atoms with Crippen LogP contribution < -0.4 is 0 Å². The van der Waals surface area contributed by atoms with Crippen molar-refractivity contribution in [2.75, 3.05) is 33.7 Å². The van der Waals surface area contributed by atoms with E-state index in [1.54, 1.807) is 4.90 Å². The van der Waals surface area contributed by atoms with Crippen LogP contribution in [0.3, 0.4) is 0 Å². The lowest BCUT2D eigenvalue weighted by Gasteiger charge is -2.26. The number of aryl methyl sites for hydroxylation is 1. The molecule has 3 rings (SSSR count). The number of aromatic nitrogens is 2. The third kappa shape index (κ3) is 3.71. The molecule has 1 aromatic heterocycles. The lowest BCUT2D eigenvalue weighted by molar-refractivity contribution is -0.131. The van der Waals surface area contributed by atoms with Gasteiger partial charge in [0.2, 0.25) is 5.91 Å². The SMILES string of the molecule is CN(C)C[C@]1(O)CCN(C(=O)CCc2nc3ccccc3[nH]2)C1. The Kier molecular flexibility index (Phi) is 4.37. The van der Waals surface area contributed by atoms with E-state index in [0.29, 0.717) is 38.9 Å². The number of aromatic amines is 1. The van der Waals surface area contributed by atoms with Gasteiger partial charge < -0.3 is 19.9 Å². The normalized spacial score (nSPS) is 21.5. The Hall–Kier alpha value is -1.92. The van der Waals surface area contributed by atoms with E-state index in [9.17, 15) is 9.90 Å². The molecule has 23 heavy (non-hydrogen) atoms. The van der Waals surface area contributed by atoms with Gasteiger partial charge in [-0.05, 0) is 32.6 Å². The Balaban J connectivity index is 1.55. The number of hydrogen-bond acceptors (Lipinski definition) is 4. The van der Waals surface area contributed by atoms with Crippen molar-refractivity contribution < 1.29 is 9.90 Å². The zero-order valence-electron chi connectivity index (χ0n) is 13.7. The number of para-hydroxylation sites is 2. The standard InChI is InChI=1S/C17H24N4O2/c1-20(2)11-17(23)9-10-21(12-17)16(22)8-7-15-18-13-5-3-4-6-14(13)19-15/h3-6,23H,7-12H2,1-2H3,(H,18,19)/t17-/m1/s1. The number of nitrogens with one attached hydrogen (secondary N) is 1. The number of nitrogens with zero attached hydrogens (tertiary/aromatic N) is 3. The fraction of sp³-hybridized carbons (Fsp3) is 0.529. The fourth-order valence-electron chi connectivity index (χ4n) is 3.29. The molecule has 1 saturated heterocycles. The van der Waals surface area contributed by atoms with Crippen LogP contribution in [-0.2, 0) is 11.2 Å². The number of carbonyl (C=O) groups excluding carboxylic acids is 1. The van der Waals surface area contributed by atoms with Gasteiger partial charge >= 0.3 is 0 Å². The topological polar surface area (TPSA) is 72.5 Å². The molecular formula is C17H24N4O2. The molecule has 0 aliphatic carbocycles. The highest BCUT2D eigenvalue weighted by atomic mass is 16.3. The Labute approximate surface area is 136 Å². The molecule has 0 saturated carbocycles. The van der Waals surface area contributed by atoms with Crippen molar-refractivity contribution in [1.29, 1.82) is 0 Å². The van der Waals surface area contributed by atoms with E-state index in [1.165, 1.54) is 0 Å². The summed E-state index contributed by atoms with van der Waals surface area (Å²) in [7, 11) is 3.87. The number of H-pyrrole nitrogens is 1. The summed E-state index contributed by atoms with van der Waals surface area (Å²) in [6.07, 6.45) is 1.65. The third-order valence-electron chi connectivity index (χ3n) is 4.31. The largest absolute Gasteiger partial charge is 0.387 e. The first kappa shape index (κ1) is 16.0. The third-order valence-corrected chi connectivity index (χ3v) is 4.31. The lowest BCUT2D eigenvalue weighted by atomic mass is 10.0. The van der Waals surface area contributed by atoms with Crippen molar-refractivity contribution in [1.82, 2.24) is 19.8 Å². The summed E-state index contributed by atoms with van der Waals surface area (Å²) in [5, 5.41) is 10.5. The van der Waals surface area contributed by atoms with Gasteiger partial charge in [0.1, 0.15) is 5.82 Å². The average molecular weight is 316 g/mol. The van der Waals surface area contributed by atoms with Gasteiger partial charge in [-0.15, -0.1) is 0 Å². The van der Waals surface area contributed by atoms with Gasteiger partial charge in [-0.25, -0.2) is 4.98 Å². The number of hydrogen-bond donors (Lipinski definition) is 2. The van der Waals surface area contributed by atoms with Gasteiger partial charge in [-0.3, -0.25) is 4.79 Å². The molecule has 6 heteroatoms. The zero-order chi connectivity index (χ0) is 16.4. The minimum Gasteiger partial charge on any atom is -0.387 e. The quantitative estimate of drug-likeness (QED) is 0.864. The van der Waals surface area contributed by atoms with Crippen molar-refractivity contribution >= 4 is 16.9 Å². The molecule has 0 spiro atoms. The Morgan fingerprint density at radius 2 is 2.22 bits per heavy atom.